The van der Waals surface area contributed by atoms with Crippen molar-refractivity contribution >= 4 is 16.9 Å². The number of amides is 1. The number of ether oxygens (including phenoxy) is 2. The van der Waals surface area contributed by atoms with Gasteiger partial charge in [-0.2, -0.15) is 10.1 Å². The van der Waals surface area contributed by atoms with E-state index in [1.807, 2.05) is 89.3 Å². The fraction of sp³-hybridized carbons (Fsp3) is 0.286. The number of hydrogen-bond acceptors (Lipinski definition) is 7. The average Bonchev–Trinajstić information content (AvgIpc) is 3.36. The molecule has 1 amide bonds. The van der Waals surface area contributed by atoms with E-state index in [9.17, 15) is 4.79 Å². The minimum atomic E-state index is 0.0534. The van der Waals surface area contributed by atoms with Crippen LogP contribution in [0.2, 0.25) is 0 Å². The third kappa shape index (κ3) is 5.95. The van der Waals surface area contributed by atoms with E-state index in [1.54, 1.807) is 12.3 Å². The fourth-order valence-corrected chi connectivity index (χ4v) is 4.32. The Morgan fingerprint density at radius 2 is 1.65 bits per heavy atom. The Bertz CT molecular complexity index is 1360. The van der Waals surface area contributed by atoms with Gasteiger partial charge in [-0.15, -0.1) is 0 Å². The van der Waals surface area contributed by atoms with E-state index in [2.05, 4.69) is 15.1 Å². The molecule has 0 unspecified atom stereocenters. The zero-order chi connectivity index (χ0) is 25.6. The van der Waals surface area contributed by atoms with Crippen LogP contribution in [0.5, 0.6) is 23.1 Å². The van der Waals surface area contributed by atoms with Crippen LogP contribution in [0.25, 0.3) is 11.0 Å². The van der Waals surface area contributed by atoms with Crippen molar-refractivity contribution in [3.63, 3.8) is 0 Å². The molecule has 9 heteroatoms. The van der Waals surface area contributed by atoms with E-state index in [-0.39, 0.29) is 11.9 Å². The van der Waals surface area contributed by atoms with Crippen LogP contribution in [0.1, 0.15) is 18.9 Å². The van der Waals surface area contributed by atoms with E-state index in [1.165, 1.54) is 6.33 Å². The van der Waals surface area contributed by atoms with E-state index in [0.29, 0.717) is 30.5 Å². The molecule has 0 aliphatic carbocycles. The summed E-state index contributed by atoms with van der Waals surface area (Å²) in [5.41, 5.74) is 1.47. The fourth-order valence-electron chi connectivity index (χ4n) is 4.32. The van der Waals surface area contributed by atoms with E-state index in [0.717, 1.165) is 36.2 Å². The topological polar surface area (TPSA) is 85.6 Å². The molecular formula is C28H30N6O3. The molecule has 1 saturated heterocycles. The van der Waals surface area contributed by atoms with E-state index in [4.69, 9.17) is 9.47 Å². The van der Waals surface area contributed by atoms with Gasteiger partial charge in [0.05, 0.1) is 12.2 Å². The van der Waals surface area contributed by atoms with E-state index < -0.39 is 0 Å². The Kier molecular flexibility index (Phi) is 7.41. The summed E-state index contributed by atoms with van der Waals surface area (Å²) in [6.07, 6.45) is 8.38. The first kappa shape index (κ1) is 24.5. The van der Waals surface area contributed by atoms with Crippen LogP contribution in [0.3, 0.4) is 0 Å². The third-order valence-electron chi connectivity index (χ3n) is 6.22. The standard InChI is InChI=1S/C28H30N6O3/c1-32(2)16-6-9-26(35)33-17-14-21(15-18-33)34-27-25(19-31-34)29-20-30-28(27)37-24-12-10-23(11-13-24)36-22-7-4-3-5-8-22/h3-13,19-21H,14-18H2,1-2H3/b9-6+. The number of piperidine rings is 1. The molecule has 0 N–H and O–H groups in total. The number of carbonyl (C=O) groups is 1. The van der Waals surface area contributed by atoms with Crippen molar-refractivity contribution in [2.45, 2.75) is 18.9 Å². The lowest BCUT2D eigenvalue weighted by atomic mass is 10.0. The molecule has 2 aromatic heterocycles. The molecule has 0 saturated carbocycles. The van der Waals surface area contributed by atoms with Crippen LogP contribution in [-0.4, -0.2) is 69.2 Å². The molecule has 0 atom stereocenters. The Hall–Kier alpha value is -4.24. The summed E-state index contributed by atoms with van der Waals surface area (Å²) >= 11 is 0. The molecular weight excluding hydrogens is 468 g/mol. The smallest absolute Gasteiger partial charge is 0.248 e. The molecule has 0 bridgehead atoms. The molecule has 37 heavy (non-hydrogen) atoms. The number of nitrogens with zero attached hydrogens (tertiary/aromatic N) is 6. The highest BCUT2D eigenvalue weighted by Crippen LogP contribution is 2.32. The number of benzene rings is 2. The summed E-state index contributed by atoms with van der Waals surface area (Å²) in [5.74, 6) is 2.63. The second-order valence-electron chi connectivity index (χ2n) is 9.21. The lowest BCUT2D eigenvalue weighted by molar-refractivity contribution is -0.127. The van der Waals surface area contributed by atoms with Crippen molar-refractivity contribution < 1.29 is 14.3 Å². The van der Waals surface area contributed by atoms with Gasteiger partial charge < -0.3 is 19.3 Å². The van der Waals surface area contributed by atoms with Gasteiger partial charge in [-0.05, 0) is 63.3 Å². The van der Waals surface area contributed by atoms with Crippen LogP contribution < -0.4 is 9.47 Å². The number of hydrogen-bond donors (Lipinski definition) is 0. The maximum Gasteiger partial charge on any atom is 0.248 e. The van der Waals surface area contributed by atoms with Crippen LogP contribution >= 0.6 is 0 Å². The number of para-hydroxylation sites is 1. The van der Waals surface area contributed by atoms with Crippen molar-refractivity contribution in [3.05, 3.63) is 79.3 Å². The second-order valence-corrected chi connectivity index (χ2v) is 9.21. The average molecular weight is 499 g/mol. The lowest BCUT2D eigenvalue weighted by Crippen LogP contribution is -2.38. The highest BCUT2D eigenvalue weighted by atomic mass is 16.5. The van der Waals surface area contributed by atoms with Gasteiger partial charge in [0.1, 0.15) is 34.6 Å². The summed E-state index contributed by atoms with van der Waals surface area (Å²) in [4.78, 5) is 25.2. The van der Waals surface area contributed by atoms with Crippen LogP contribution in [0.15, 0.2) is 79.3 Å². The maximum absolute atomic E-state index is 12.5. The molecule has 3 heterocycles. The molecule has 0 spiro atoms. The number of likely N-dealkylation sites (tertiary alicyclic amines) is 1. The van der Waals surface area contributed by atoms with Gasteiger partial charge in [-0.1, -0.05) is 24.3 Å². The molecule has 190 valence electrons. The molecule has 5 rings (SSSR count). The second kappa shape index (κ2) is 11.2. The normalized spacial score (nSPS) is 14.5. The summed E-state index contributed by atoms with van der Waals surface area (Å²) in [6.45, 7) is 2.08. The first-order valence-electron chi connectivity index (χ1n) is 12.4. The zero-order valence-corrected chi connectivity index (χ0v) is 21.0. The van der Waals surface area contributed by atoms with Crippen molar-refractivity contribution in [1.29, 1.82) is 0 Å². The highest BCUT2D eigenvalue weighted by Gasteiger charge is 2.26. The summed E-state index contributed by atoms with van der Waals surface area (Å²) < 4.78 is 14.0. The highest BCUT2D eigenvalue weighted by molar-refractivity contribution is 5.87. The minimum Gasteiger partial charge on any atom is -0.457 e. The SMILES string of the molecule is CN(C)C/C=C/C(=O)N1CCC(n2ncc3ncnc(Oc4ccc(Oc5ccccc5)cc4)c32)CC1. The Balaban J connectivity index is 1.27. The van der Waals surface area contributed by atoms with Crippen molar-refractivity contribution in [2.75, 3.05) is 33.7 Å². The monoisotopic (exact) mass is 498 g/mol. The number of aromatic nitrogens is 4. The van der Waals surface area contributed by atoms with Gasteiger partial charge in [0.2, 0.25) is 11.8 Å². The first-order chi connectivity index (χ1) is 18.1. The molecule has 1 fully saturated rings. The van der Waals surface area contributed by atoms with Crippen LogP contribution in [0, 0.1) is 0 Å². The van der Waals surface area contributed by atoms with Crippen molar-refractivity contribution in [1.82, 2.24) is 29.5 Å². The zero-order valence-electron chi connectivity index (χ0n) is 21.0. The number of carbonyl (C=O) groups excluding carboxylic acids is 1. The number of likely N-dealkylation sites (N-methyl/N-ethyl adjacent to an activating group) is 1. The molecule has 1 aliphatic heterocycles. The Morgan fingerprint density at radius 3 is 2.35 bits per heavy atom. The molecule has 2 aromatic carbocycles. The van der Waals surface area contributed by atoms with Gasteiger partial charge in [0.25, 0.3) is 0 Å². The largest absolute Gasteiger partial charge is 0.457 e. The van der Waals surface area contributed by atoms with Crippen LogP contribution in [0.4, 0.5) is 0 Å². The Labute approximate surface area is 216 Å². The summed E-state index contributed by atoms with van der Waals surface area (Å²) in [7, 11) is 3.96. The molecule has 9 nitrogen and oxygen atoms in total. The lowest BCUT2D eigenvalue weighted by Gasteiger charge is -2.31. The predicted molar refractivity (Wildman–Crippen MR) is 141 cm³/mol. The predicted octanol–water partition coefficient (Wildman–Crippen LogP) is 4.69. The molecule has 4 aromatic rings. The van der Waals surface area contributed by atoms with Gasteiger partial charge in [0.15, 0.2) is 0 Å². The Morgan fingerprint density at radius 1 is 0.973 bits per heavy atom. The number of fused-ring (bicyclic) bond motifs is 1. The first-order valence-corrected chi connectivity index (χ1v) is 12.4. The van der Waals surface area contributed by atoms with Gasteiger partial charge in [-0.3, -0.25) is 9.48 Å². The van der Waals surface area contributed by atoms with Gasteiger partial charge in [-0.25, -0.2) is 4.98 Å². The molecule has 1 aliphatic rings. The summed E-state index contributed by atoms with van der Waals surface area (Å²) in [6, 6.07) is 17.2. The third-order valence-corrected chi connectivity index (χ3v) is 6.22. The number of rotatable bonds is 8. The summed E-state index contributed by atoms with van der Waals surface area (Å²) in [5, 5.41) is 4.61. The van der Waals surface area contributed by atoms with Gasteiger partial charge in [0, 0.05) is 25.7 Å². The minimum absolute atomic E-state index is 0.0534. The van der Waals surface area contributed by atoms with Crippen molar-refractivity contribution in [3.8, 4) is 23.1 Å². The van der Waals surface area contributed by atoms with Gasteiger partial charge >= 0.3 is 0 Å². The van der Waals surface area contributed by atoms with Crippen LogP contribution in [-0.2, 0) is 4.79 Å². The maximum atomic E-state index is 12.5. The van der Waals surface area contributed by atoms with E-state index >= 15 is 0 Å². The quantitative estimate of drug-likeness (QED) is 0.326. The molecule has 0 radical (unpaired) electrons. The van der Waals surface area contributed by atoms with Crippen molar-refractivity contribution in [2.24, 2.45) is 0 Å².